The lowest BCUT2D eigenvalue weighted by Crippen LogP contribution is -2.30. The first-order valence-corrected chi connectivity index (χ1v) is 30.6. The second kappa shape index (κ2) is 60.1. The molecule has 72 heavy (non-hydrogen) atoms. The number of allylic oxidation sites excluding steroid dienone is 14. The minimum Gasteiger partial charge on any atom is -0.462 e. The average Bonchev–Trinajstić information content (AvgIpc) is 3.38. The van der Waals surface area contributed by atoms with Gasteiger partial charge in [0.2, 0.25) is 0 Å². The molecule has 0 aromatic heterocycles. The standard InChI is InChI=1S/C66H114O6/c1-4-7-10-13-16-18-20-22-24-26-27-28-29-30-31-32-33-34-35-36-37-38-39-40-42-43-45-47-50-53-56-59-65(68)71-62-63(61-70-64(67)58-55-52-49-15-12-9-6-3)72-66(69)60-57-54-51-48-46-44-41-25-23-21-19-17-14-11-8-5-2/h7,10,16,18-19,21-22,24-25,27-28,30-31,41,63H,4-6,8-9,11-15,17,20,23,26,29,32-40,42-62H2,1-3H3/b10-7-,18-16-,21-19-,24-22-,28-27-,31-30-,41-25-. The average molecular weight is 1000 g/mol. The highest BCUT2D eigenvalue weighted by Crippen LogP contribution is 2.16. The summed E-state index contributed by atoms with van der Waals surface area (Å²) in [5.41, 5.74) is 0. The molecule has 0 aliphatic heterocycles. The van der Waals surface area contributed by atoms with Crippen LogP contribution in [0.4, 0.5) is 0 Å². The molecule has 6 heteroatoms. The molecule has 0 saturated carbocycles. The van der Waals surface area contributed by atoms with Gasteiger partial charge in [0.1, 0.15) is 13.2 Å². The molecule has 0 aromatic rings. The third kappa shape index (κ3) is 57.5. The molecule has 0 fully saturated rings. The molecule has 6 nitrogen and oxygen atoms in total. The molecule has 0 aliphatic carbocycles. The molecule has 0 amide bonds. The van der Waals surface area contributed by atoms with Crippen molar-refractivity contribution in [2.75, 3.05) is 13.2 Å². The van der Waals surface area contributed by atoms with Gasteiger partial charge in [0.05, 0.1) is 0 Å². The summed E-state index contributed by atoms with van der Waals surface area (Å²) in [6, 6.07) is 0. The van der Waals surface area contributed by atoms with Crippen LogP contribution in [-0.2, 0) is 28.6 Å². The minimum absolute atomic E-state index is 0.0793. The molecular weight excluding hydrogens is 889 g/mol. The van der Waals surface area contributed by atoms with Crippen LogP contribution in [0.1, 0.15) is 297 Å². The van der Waals surface area contributed by atoms with Crippen LogP contribution in [0.3, 0.4) is 0 Å². The predicted molar refractivity (Wildman–Crippen MR) is 311 cm³/mol. The summed E-state index contributed by atoms with van der Waals surface area (Å²) in [6.45, 7) is 6.47. The summed E-state index contributed by atoms with van der Waals surface area (Å²) in [5.74, 6) is -0.892. The van der Waals surface area contributed by atoms with E-state index in [0.29, 0.717) is 19.3 Å². The summed E-state index contributed by atoms with van der Waals surface area (Å²) in [6.07, 6.45) is 79.0. The van der Waals surface area contributed by atoms with E-state index in [9.17, 15) is 14.4 Å². The van der Waals surface area contributed by atoms with E-state index in [-0.39, 0.29) is 31.1 Å². The van der Waals surface area contributed by atoms with E-state index in [1.807, 2.05) is 0 Å². The number of hydrogen-bond acceptors (Lipinski definition) is 6. The summed E-state index contributed by atoms with van der Waals surface area (Å²) in [5, 5.41) is 0. The smallest absolute Gasteiger partial charge is 0.306 e. The highest BCUT2D eigenvalue weighted by molar-refractivity contribution is 5.71. The Morgan fingerprint density at radius 3 is 0.861 bits per heavy atom. The molecule has 0 N–H and O–H groups in total. The van der Waals surface area contributed by atoms with Crippen LogP contribution in [0.25, 0.3) is 0 Å². The van der Waals surface area contributed by atoms with Gasteiger partial charge in [-0.3, -0.25) is 14.4 Å². The van der Waals surface area contributed by atoms with Crippen molar-refractivity contribution in [3.05, 3.63) is 85.1 Å². The van der Waals surface area contributed by atoms with Gasteiger partial charge in [0, 0.05) is 19.3 Å². The molecular formula is C66H114O6. The van der Waals surface area contributed by atoms with Gasteiger partial charge >= 0.3 is 17.9 Å². The Morgan fingerprint density at radius 1 is 0.292 bits per heavy atom. The molecule has 0 aromatic carbocycles. The topological polar surface area (TPSA) is 78.9 Å². The van der Waals surface area contributed by atoms with Crippen LogP contribution in [0.2, 0.25) is 0 Å². The third-order valence-corrected chi connectivity index (χ3v) is 13.1. The molecule has 1 atom stereocenters. The predicted octanol–water partition coefficient (Wildman–Crippen LogP) is 20.7. The van der Waals surface area contributed by atoms with Gasteiger partial charge in [-0.15, -0.1) is 0 Å². The van der Waals surface area contributed by atoms with Crippen LogP contribution in [-0.4, -0.2) is 37.2 Å². The number of carbonyl (C=O) groups is 3. The lowest BCUT2D eigenvalue weighted by Gasteiger charge is -2.18. The van der Waals surface area contributed by atoms with Crippen molar-refractivity contribution < 1.29 is 28.6 Å². The molecule has 1 unspecified atom stereocenters. The van der Waals surface area contributed by atoms with Gasteiger partial charge in [-0.2, -0.15) is 0 Å². The molecule has 0 aliphatic rings. The van der Waals surface area contributed by atoms with Gasteiger partial charge in [-0.05, 0) is 96.3 Å². The van der Waals surface area contributed by atoms with Crippen LogP contribution in [0.15, 0.2) is 85.1 Å². The second-order valence-electron chi connectivity index (χ2n) is 20.2. The highest BCUT2D eigenvalue weighted by atomic mass is 16.6. The van der Waals surface area contributed by atoms with Crippen LogP contribution < -0.4 is 0 Å². The van der Waals surface area contributed by atoms with E-state index in [0.717, 1.165) is 116 Å². The maximum atomic E-state index is 12.8. The van der Waals surface area contributed by atoms with E-state index in [4.69, 9.17) is 14.2 Å². The van der Waals surface area contributed by atoms with Crippen LogP contribution in [0, 0.1) is 0 Å². The summed E-state index contributed by atoms with van der Waals surface area (Å²) in [7, 11) is 0. The van der Waals surface area contributed by atoms with E-state index >= 15 is 0 Å². The molecule has 0 saturated heterocycles. The zero-order chi connectivity index (χ0) is 52.2. The number of hydrogen-bond donors (Lipinski definition) is 0. The van der Waals surface area contributed by atoms with E-state index < -0.39 is 6.10 Å². The monoisotopic (exact) mass is 1000 g/mol. The highest BCUT2D eigenvalue weighted by Gasteiger charge is 2.19. The van der Waals surface area contributed by atoms with Gasteiger partial charge < -0.3 is 14.2 Å². The number of unbranched alkanes of at least 4 members (excludes halogenated alkanes) is 30. The number of esters is 3. The summed E-state index contributed by atoms with van der Waals surface area (Å²) >= 11 is 0. The fourth-order valence-corrected chi connectivity index (χ4v) is 8.56. The first-order chi connectivity index (χ1) is 35.5. The Kier molecular flexibility index (Phi) is 57.3. The maximum Gasteiger partial charge on any atom is 0.306 e. The quantitative estimate of drug-likeness (QED) is 0.0261. The lowest BCUT2D eigenvalue weighted by atomic mass is 10.0. The fraction of sp³-hybridized carbons (Fsp3) is 0.742. The van der Waals surface area contributed by atoms with Crippen molar-refractivity contribution in [3.8, 4) is 0 Å². The third-order valence-electron chi connectivity index (χ3n) is 13.1. The maximum absolute atomic E-state index is 12.8. The first kappa shape index (κ1) is 68.6. The Hall–Kier alpha value is -3.41. The Balaban J connectivity index is 4.07. The van der Waals surface area contributed by atoms with E-state index in [1.165, 1.54) is 141 Å². The van der Waals surface area contributed by atoms with E-state index in [1.54, 1.807) is 0 Å². The Morgan fingerprint density at radius 2 is 0.542 bits per heavy atom. The van der Waals surface area contributed by atoms with Gasteiger partial charge in [0.25, 0.3) is 0 Å². The number of ether oxygens (including phenoxy) is 3. The summed E-state index contributed by atoms with van der Waals surface area (Å²) in [4.78, 5) is 38.0. The minimum atomic E-state index is -0.779. The van der Waals surface area contributed by atoms with Crippen LogP contribution in [0.5, 0.6) is 0 Å². The first-order valence-electron chi connectivity index (χ1n) is 30.6. The second-order valence-corrected chi connectivity index (χ2v) is 20.2. The van der Waals surface area contributed by atoms with Gasteiger partial charge in [0.15, 0.2) is 6.10 Å². The molecule has 0 radical (unpaired) electrons. The van der Waals surface area contributed by atoms with Crippen LogP contribution >= 0.6 is 0 Å². The SMILES string of the molecule is CC/C=C\C/C=C\C/C=C\C/C=C\C/C=C\CCCCCCCCCCCCCCCCCC(=O)OCC(COC(=O)CCCCCCCCC)OC(=O)CCCCCCC/C=C\C/C=C\CCCCCC. The van der Waals surface area contributed by atoms with Crippen molar-refractivity contribution in [1.82, 2.24) is 0 Å². The normalized spacial score (nSPS) is 12.7. The van der Waals surface area contributed by atoms with Gasteiger partial charge in [-0.1, -0.05) is 266 Å². The molecule has 0 bridgehead atoms. The fourth-order valence-electron chi connectivity index (χ4n) is 8.56. The van der Waals surface area contributed by atoms with E-state index in [2.05, 4.69) is 106 Å². The van der Waals surface area contributed by atoms with Crippen molar-refractivity contribution in [2.24, 2.45) is 0 Å². The molecule has 0 spiro atoms. The number of rotatable bonds is 55. The van der Waals surface area contributed by atoms with Crippen molar-refractivity contribution >= 4 is 17.9 Å². The Labute approximate surface area is 445 Å². The van der Waals surface area contributed by atoms with Crippen molar-refractivity contribution in [2.45, 2.75) is 303 Å². The lowest BCUT2D eigenvalue weighted by molar-refractivity contribution is -0.167. The Bertz CT molecular complexity index is 1380. The van der Waals surface area contributed by atoms with Crippen molar-refractivity contribution in [3.63, 3.8) is 0 Å². The molecule has 414 valence electrons. The molecule has 0 heterocycles. The summed E-state index contributed by atoms with van der Waals surface area (Å²) < 4.78 is 16.8. The molecule has 0 rings (SSSR count). The van der Waals surface area contributed by atoms with Gasteiger partial charge in [-0.25, -0.2) is 0 Å². The zero-order valence-electron chi connectivity index (χ0n) is 47.4. The zero-order valence-corrected chi connectivity index (χ0v) is 47.4. The van der Waals surface area contributed by atoms with Crippen molar-refractivity contribution in [1.29, 1.82) is 0 Å². The number of carbonyl (C=O) groups excluding carboxylic acids is 3. The largest absolute Gasteiger partial charge is 0.462 e.